The molecule has 0 saturated carbocycles. The lowest BCUT2D eigenvalue weighted by atomic mass is 9.99. The summed E-state index contributed by atoms with van der Waals surface area (Å²) in [6.07, 6.45) is 0. The summed E-state index contributed by atoms with van der Waals surface area (Å²) >= 11 is 0. The van der Waals surface area contributed by atoms with Gasteiger partial charge >= 0.3 is 0 Å². The third kappa shape index (κ3) is 12.6. The SMILES string of the molecule is Cc1ccc(-n2c3ccccc3c3c4c5ccccc5n(-c5ccc(-c6ccccc6)cc5)c4c4ccccc4c32)cc1.Cc1ccc(-n2c3ccccc3c3c4c5ccccc5n(-c5cccc(-c6ccc(-c7ccccc7)cc6)c5)c4c4ccccc4c32)cc1.Cc1ccc(-n2c3ccccc3c3c4c5ccccc5n(-c5cccc(-c6ccccc6)c5)c4c4ccccc4c32)cc1. The normalized spacial score (nSPS) is 11.8. The van der Waals surface area contributed by atoms with Crippen LogP contribution in [0.15, 0.2) is 479 Å². The molecular weight excluding hydrogens is 1630 g/mol. The van der Waals surface area contributed by atoms with Gasteiger partial charge in [-0.1, -0.05) is 387 Å². The van der Waals surface area contributed by atoms with Crippen LogP contribution in [0.5, 0.6) is 0 Å². The van der Waals surface area contributed by atoms with Crippen LogP contribution in [0, 0.1) is 20.8 Å². The number of nitrogens with zero attached hydrogens (tertiary/aromatic N) is 6. The highest BCUT2D eigenvalue weighted by molar-refractivity contribution is 6.41. The summed E-state index contributed by atoms with van der Waals surface area (Å²) in [5.41, 5.74) is 35.4. The van der Waals surface area contributed by atoms with Crippen molar-refractivity contribution in [1.82, 2.24) is 27.4 Å². The molecule has 0 atom stereocenters. The molecule has 0 bridgehead atoms. The molecule has 6 heteroatoms. The zero-order valence-corrected chi connectivity index (χ0v) is 74.8. The fraction of sp³-hybridized carbons (Fsp3) is 0.0233. The lowest BCUT2D eigenvalue weighted by Crippen LogP contribution is -1.97. The Labute approximate surface area is 780 Å². The lowest BCUT2D eigenvalue weighted by molar-refractivity contribution is 1.18. The molecule has 634 valence electrons. The number of hydrogen-bond acceptors (Lipinski definition) is 0. The first-order valence-corrected chi connectivity index (χ1v) is 46.7. The number of rotatable bonds is 10. The van der Waals surface area contributed by atoms with Crippen molar-refractivity contribution in [3.8, 4) is 78.6 Å². The van der Waals surface area contributed by atoms with Gasteiger partial charge in [0.15, 0.2) is 0 Å². The average molecular weight is 1720 g/mol. The van der Waals surface area contributed by atoms with Crippen molar-refractivity contribution < 1.29 is 0 Å². The van der Waals surface area contributed by atoms with Crippen LogP contribution in [0.4, 0.5) is 0 Å². The fourth-order valence-corrected chi connectivity index (χ4v) is 22.1. The lowest BCUT2D eigenvalue weighted by Gasteiger charge is -2.14. The van der Waals surface area contributed by atoms with E-state index in [2.05, 4.69) is 527 Å². The van der Waals surface area contributed by atoms with Gasteiger partial charge in [-0.3, -0.25) is 0 Å². The van der Waals surface area contributed by atoms with Gasteiger partial charge in [0.2, 0.25) is 0 Å². The average Bonchev–Trinajstić information content (AvgIpc) is 1.54. The first-order valence-electron chi connectivity index (χ1n) is 46.7. The molecule has 0 aliphatic carbocycles. The molecule has 6 nitrogen and oxygen atoms in total. The molecule has 0 amide bonds. The Morgan fingerprint density at radius 1 is 0.119 bits per heavy atom. The summed E-state index contributed by atoms with van der Waals surface area (Å²) in [4.78, 5) is 0. The van der Waals surface area contributed by atoms with Crippen LogP contribution in [-0.2, 0) is 0 Å². The summed E-state index contributed by atoms with van der Waals surface area (Å²) in [5.74, 6) is 0. The molecule has 0 unspecified atom stereocenters. The highest BCUT2D eigenvalue weighted by Crippen LogP contribution is 2.52. The molecule has 6 heterocycles. The van der Waals surface area contributed by atoms with Crippen molar-refractivity contribution in [3.05, 3.63) is 496 Å². The van der Waals surface area contributed by atoms with Crippen LogP contribution in [0.1, 0.15) is 16.7 Å². The van der Waals surface area contributed by atoms with Gasteiger partial charge in [0, 0.05) is 131 Å². The smallest absolute Gasteiger partial charge is 0.0627 e. The van der Waals surface area contributed by atoms with E-state index in [1.807, 2.05) is 0 Å². The Hall–Kier alpha value is -17.6. The number of benzene rings is 22. The maximum absolute atomic E-state index is 2.49. The standard InChI is InChI=1S/C47H32N2.2C41H28N2/c1-31-22-28-36(29-23-31)48-42-20-9-7-18-40(42)44-45-41-19-8-10-21-43(41)49(47(45)39-17-6-5-16-38(39)46(44)48)37-15-11-14-35(30-37)34-26-24-33(25-27-34)32-12-3-2-4-13-32;1-27-22-24-30(25-23-27)42-36-20-9-7-18-34(36)38-39-35-19-8-10-21-37(35)43(41(39)33-17-6-5-16-32(33)40(38)42)31-15-11-14-29(26-31)28-12-3-2-4-13-28;1-27-19-23-30(24-20-27)42-36-17-9-7-15-34(36)38-39-35-16-8-10-18-37(35)43(41(39)33-14-6-5-13-32(33)40(38)42)31-25-21-29(22-26-31)28-11-3-2-4-12-28/h2-30H,1H3;2*2-26H,1H3. The molecule has 22 aromatic carbocycles. The fourth-order valence-electron chi connectivity index (χ4n) is 22.1. The van der Waals surface area contributed by atoms with Gasteiger partial charge in [0.05, 0.1) is 66.2 Å². The number of fused-ring (bicyclic) bond motifs is 30. The number of para-hydroxylation sites is 6. The van der Waals surface area contributed by atoms with Crippen molar-refractivity contribution in [2.75, 3.05) is 0 Å². The Bertz CT molecular complexity index is 9580. The zero-order chi connectivity index (χ0) is 89.5. The topological polar surface area (TPSA) is 29.6 Å². The van der Waals surface area contributed by atoms with E-state index in [0.29, 0.717) is 0 Å². The molecule has 28 rings (SSSR count). The number of hydrogen-bond donors (Lipinski definition) is 0. The van der Waals surface area contributed by atoms with Gasteiger partial charge in [-0.05, 0) is 174 Å². The first kappa shape index (κ1) is 78.5. The van der Waals surface area contributed by atoms with Gasteiger partial charge < -0.3 is 27.4 Å². The van der Waals surface area contributed by atoms with E-state index < -0.39 is 0 Å². The van der Waals surface area contributed by atoms with E-state index in [1.54, 1.807) is 0 Å². The molecular formula is C129H88N6. The van der Waals surface area contributed by atoms with Crippen molar-refractivity contribution in [2.45, 2.75) is 20.8 Å². The Balaban J connectivity index is 0.000000106. The Morgan fingerprint density at radius 2 is 0.281 bits per heavy atom. The molecule has 0 spiro atoms. The molecule has 0 aliphatic heterocycles. The molecule has 0 N–H and O–H groups in total. The van der Waals surface area contributed by atoms with Crippen molar-refractivity contribution >= 4 is 163 Å². The molecule has 0 radical (unpaired) electrons. The second-order valence-electron chi connectivity index (χ2n) is 35.9. The van der Waals surface area contributed by atoms with E-state index >= 15 is 0 Å². The van der Waals surface area contributed by atoms with Gasteiger partial charge in [-0.25, -0.2) is 0 Å². The molecule has 0 saturated heterocycles. The van der Waals surface area contributed by atoms with E-state index in [9.17, 15) is 0 Å². The monoisotopic (exact) mass is 1720 g/mol. The Morgan fingerprint density at radius 3 is 0.519 bits per heavy atom. The third-order valence-corrected chi connectivity index (χ3v) is 28.1. The van der Waals surface area contributed by atoms with Crippen molar-refractivity contribution in [1.29, 1.82) is 0 Å². The molecule has 0 fully saturated rings. The minimum Gasteiger partial charge on any atom is -0.309 e. The second-order valence-corrected chi connectivity index (χ2v) is 35.9. The molecule has 6 aromatic heterocycles. The molecule has 0 aliphatic rings. The highest BCUT2D eigenvalue weighted by Gasteiger charge is 2.30. The van der Waals surface area contributed by atoms with E-state index in [4.69, 9.17) is 0 Å². The maximum Gasteiger partial charge on any atom is 0.0627 e. The van der Waals surface area contributed by atoms with Gasteiger partial charge in [-0.2, -0.15) is 0 Å². The van der Waals surface area contributed by atoms with Crippen LogP contribution in [0.25, 0.3) is 242 Å². The predicted octanol–water partition coefficient (Wildman–Crippen LogP) is 34.7. The van der Waals surface area contributed by atoms with Crippen LogP contribution < -0.4 is 0 Å². The van der Waals surface area contributed by atoms with Crippen molar-refractivity contribution in [3.63, 3.8) is 0 Å². The zero-order valence-electron chi connectivity index (χ0n) is 74.8. The third-order valence-electron chi connectivity index (χ3n) is 28.1. The van der Waals surface area contributed by atoms with Gasteiger partial charge in [0.1, 0.15) is 0 Å². The van der Waals surface area contributed by atoms with Gasteiger partial charge in [0.25, 0.3) is 0 Å². The van der Waals surface area contributed by atoms with E-state index in [-0.39, 0.29) is 0 Å². The summed E-state index contributed by atoms with van der Waals surface area (Å²) in [6.45, 7) is 6.45. The van der Waals surface area contributed by atoms with Crippen molar-refractivity contribution in [2.24, 2.45) is 0 Å². The summed E-state index contributed by atoms with van der Waals surface area (Å²) in [6, 6.07) is 175. The van der Waals surface area contributed by atoms with Crippen LogP contribution in [-0.4, -0.2) is 27.4 Å². The van der Waals surface area contributed by atoms with E-state index in [0.717, 1.165) is 11.4 Å². The van der Waals surface area contributed by atoms with Crippen LogP contribution in [0.2, 0.25) is 0 Å². The predicted molar refractivity (Wildman–Crippen MR) is 574 cm³/mol. The number of aryl methyl sites for hydroxylation is 3. The van der Waals surface area contributed by atoms with Gasteiger partial charge in [-0.15, -0.1) is 0 Å². The summed E-state index contributed by atoms with van der Waals surface area (Å²) < 4.78 is 14.8. The maximum atomic E-state index is 2.49. The quantitative estimate of drug-likeness (QED) is 0.131. The van der Waals surface area contributed by atoms with Crippen LogP contribution in [0.3, 0.4) is 0 Å². The minimum atomic E-state index is 1.16. The highest BCUT2D eigenvalue weighted by atomic mass is 15.0. The number of aromatic nitrogens is 6. The first-order chi connectivity index (χ1) is 66.8. The summed E-state index contributed by atoms with van der Waals surface area (Å²) in [7, 11) is 0. The largest absolute Gasteiger partial charge is 0.309 e. The summed E-state index contributed by atoms with van der Waals surface area (Å²) in [5, 5.41) is 22.9. The van der Waals surface area contributed by atoms with Crippen LogP contribution >= 0.6 is 0 Å². The minimum absolute atomic E-state index is 1.16. The van der Waals surface area contributed by atoms with E-state index in [1.165, 1.54) is 247 Å². The Kier molecular flexibility index (Phi) is 18.6. The second kappa shape index (κ2) is 31.9. The molecule has 28 aromatic rings. The molecule has 135 heavy (non-hydrogen) atoms.